The average Bonchev–Trinajstić information content (AvgIpc) is 3.52. The van der Waals surface area contributed by atoms with Crippen molar-refractivity contribution < 1.29 is 18.7 Å². The molecule has 1 aromatic carbocycles. The van der Waals surface area contributed by atoms with E-state index in [2.05, 4.69) is 54.2 Å². The van der Waals surface area contributed by atoms with Crippen LogP contribution in [0.1, 0.15) is 44.5 Å². The number of halogens is 1. The number of pyridine rings is 1. The van der Waals surface area contributed by atoms with Crippen molar-refractivity contribution in [1.29, 1.82) is 0 Å². The number of ether oxygens (including phenoxy) is 2. The third-order valence-electron chi connectivity index (χ3n) is 9.74. The number of hydrogen-bond donors (Lipinski definition) is 2. The monoisotopic (exact) mass is 620 g/mol. The lowest BCUT2D eigenvalue weighted by Gasteiger charge is -2.43. The summed E-state index contributed by atoms with van der Waals surface area (Å²) < 4.78 is 26.7. The summed E-state index contributed by atoms with van der Waals surface area (Å²) in [6.07, 6.45) is 0.541. The summed E-state index contributed by atoms with van der Waals surface area (Å²) in [6, 6.07) is 9.75. The molecule has 12 heteroatoms. The van der Waals surface area contributed by atoms with Crippen LogP contribution in [0.25, 0.3) is 5.65 Å². The van der Waals surface area contributed by atoms with Crippen molar-refractivity contribution in [1.82, 2.24) is 29.7 Å². The molecule has 242 valence electrons. The van der Waals surface area contributed by atoms with Gasteiger partial charge >= 0.3 is 0 Å². The maximum absolute atomic E-state index is 14.3. The minimum absolute atomic E-state index is 0.0908. The van der Waals surface area contributed by atoms with Crippen molar-refractivity contribution in [2.45, 2.75) is 63.7 Å². The highest BCUT2D eigenvalue weighted by molar-refractivity contribution is 5.98. The summed E-state index contributed by atoms with van der Waals surface area (Å²) in [7, 11) is 0. The van der Waals surface area contributed by atoms with Crippen LogP contribution in [0.2, 0.25) is 0 Å². The van der Waals surface area contributed by atoms with E-state index >= 15 is 0 Å². The van der Waals surface area contributed by atoms with E-state index in [1.807, 2.05) is 9.42 Å². The molecule has 4 aliphatic heterocycles. The van der Waals surface area contributed by atoms with Gasteiger partial charge in [-0.1, -0.05) is 26.0 Å². The van der Waals surface area contributed by atoms with Crippen LogP contribution in [0.4, 0.5) is 16.0 Å². The molecule has 7 rings (SSSR count). The number of carbonyl (C=O) groups is 1. The Hall–Kier alpha value is -3.16. The van der Waals surface area contributed by atoms with E-state index in [-0.39, 0.29) is 29.2 Å². The van der Waals surface area contributed by atoms with Gasteiger partial charge in [-0.2, -0.15) is 4.98 Å². The number of nitrogens with zero attached hydrogens (tertiary/aromatic N) is 6. The summed E-state index contributed by atoms with van der Waals surface area (Å²) in [4.78, 5) is 26.1. The Morgan fingerprint density at radius 1 is 1.13 bits per heavy atom. The first-order chi connectivity index (χ1) is 21.6. The molecule has 0 saturated carbocycles. The minimum Gasteiger partial charge on any atom is -0.379 e. The van der Waals surface area contributed by atoms with Gasteiger partial charge in [0.25, 0.3) is 0 Å². The van der Waals surface area contributed by atoms with E-state index in [4.69, 9.17) is 19.6 Å². The molecule has 4 aliphatic rings. The topological polar surface area (TPSA) is 99.5 Å². The van der Waals surface area contributed by atoms with Crippen molar-refractivity contribution in [3.8, 4) is 0 Å². The molecule has 3 saturated heterocycles. The standard InChI is InChI=1S/C33H45FN8O3/c1-21-14-40(27(13-35-21)15-39-9-10-44-17-22(39)2)16-29(43)41-20-33(3,4)30-28(41)12-24(11-23-5-7-25(34)8-6-23)31-37-32(38-42(30)31)36-26-18-45-19-26/h5-8,12,21-22,26-27,35H,9-11,13-20H2,1-4H3,(H,36,38)/t21-,22-,27-/m1/s1. The van der Waals surface area contributed by atoms with Crippen LogP contribution in [0.3, 0.4) is 0 Å². The lowest BCUT2D eigenvalue weighted by Crippen LogP contribution is -2.62. The predicted octanol–water partition coefficient (Wildman–Crippen LogP) is 2.28. The summed E-state index contributed by atoms with van der Waals surface area (Å²) >= 11 is 0. The Morgan fingerprint density at radius 2 is 1.93 bits per heavy atom. The second-order valence-corrected chi connectivity index (χ2v) is 13.9. The summed E-state index contributed by atoms with van der Waals surface area (Å²) in [5.74, 6) is 0.373. The van der Waals surface area contributed by atoms with Crippen molar-refractivity contribution in [3.05, 3.63) is 53.0 Å². The van der Waals surface area contributed by atoms with Gasteiger partial charge in [-0.05, 0) is 37.6 Å². The maximum atomic E-state index is 14.3. The van der Waals surface area contributed by atoms with Gasteiger partial charge < -0.3 is 25.0 Å². The number of morpholine rings is 1. The van der Waals surface area contributed by atoms with Crippen molar-refractivity contribution in [2.24, 2.45) is 0 Å². The molecule has 0 bridgehead atoms. The van der Waals surface area contributed by atoms with Crippen LogP contribution in [0, 0.1) is 5.82 Å². The molecule has 0 spiro atoms. The lowest BCUT2D eigenvalue weighted by atomic mass is 9.90. The van der Waals surface area contributed by atoms with Crippen LogP contribution in [0.5, 0.6) is 0 Å². The van der Waals surface area contributed by atoms with E-state index < -0.39 is 0 Å². The molecule has 3 atom stereocenters. The molecule has 6 heterocycles. The first-order valence-corrected chi connectivity index (χ1v) is 16.3. The molecule has 3 aromatic rings. The zero-order valence-electron chi connectivity index (χ0n) is 26.8. The molecule has 0 radical (unpaired) electrons. The Bertz CT molecular complexity index is 1540. The van der Waals surface area contributed by atoms with Gasteiger partial charge in [0.1, 0.15) is 5.82 Å². The van der Waals surface area contributed by atoms with Gasteiger partial charge in [0.05, 0.1) is 50.4 Å². The van der Waals surface area contributed by atoms with E-state index in [9.17, 15) is 9.18 Å². The van der Waals surface area contributed by atoms with Gasteiger partial charge in [0.2, 0.25) is 11.9 Å². The maximum Gasteiger partial charge on any atom is 0.243 e. The minimum atomic E-state index is -0.346. The number of fused-ring (bicyclic) bond motifs is 3. The number of aromatic nitrogens is 3. The highest BCUT2D eigenvalue weighted by Gasteiger charge is 2.43. The van der Waals surface area contributed by atoms with Gasteiger partial charge in [-0.15, -0.1) is 5.10 Å². The van der Waals surface area contributed by atoms with Crippen LogP contribution in [-0.4, -0.2) is 120 Å². The van der Waals surface area contributed by atoms with Gasteiger partial charge in [0, 0.05) is 68.2 Å². The summed E-state index contributed by atoms with van der Waals surface area (Å²) in [5.41, 5.74) is 4.16. The Labute approximate surface area is 264 Å². The fourth-order valence-electron chi connectivity index (χ4n) is 7.18. The number of benzene rings is 1. The molecule has 2 aromatic heterocycles. The largest absolute Gasteiger partial charge is 0.379 e. The van der Waals surface area contributed by atoms with E-state index in [0.717, 1.165) is 67.5 Å². The van der Waals surface area contributed by atoms with E-state index in [0.29, 0.717) is 50.8 Å². The molecular weight excluding hydrogens is 575 g/mol. The molecule has 0 unspecified atom stereocenters. The summed E-state index contributed by atoms with van der Waals surface area (Å²) in [5, 5.41) is 12.0. The average molecular weight is 621 g/mol. The first kappa shape index (κ1) is 30.5. The SMILES string of the molecule is C[C@@H]1CN(CC(=O)N2CC(C)(C)c3c2cc(Cc2ccc(F)cc2)c2nc(NC4COC4)nn32)[C@@H](CN2CCOC[C@H]2C)CN1. The zero-order valence-corrected chi connectivity index (χ0v) is 26.8. The molecule has 0 aliphatic carbocycles. The quantitative estimate of drug-likeness (QED) is 0.393. The van der Waals surface area contributed by atoms with Crippen molar-refractivity contribution in [2.75, 3.05) is 75.9 Å². The Kier molecular flexibility index (Phi) is 8.28. The lowest BCUT2D eigenvalue weighted by molar-refractivity contribution is -0.121. The Balaban J connectivity index is 1.20. The summed E-state index contributed by atoms with van der Waals surface area (Å²) in [6.45, 7) is 15.9. The third-order valence-corrected chi connectivity index (χ3v) is 9.74. The molecule has 11 nitrogen and oxygen atoms in total. The highest BCUT2D eigenvalue weighted by Crippen LogP contribution is 2.42. The van der Waals surface area contributed by atoms with Crippen LogP contribution >= 0.6 is 0 Å². The normalized spacial score (nSPS) is 25.8. The van der Waals surface area contributed by atoms with Crippen LogP contribution in [0.15, 0.2) is 30.3 Å². The van der Waals surface area contributed by atoms with E-state index in [1.54, 1.807) is 12.1 Å². The number of nitrogens with one attached hydrogen (secondary N) is 2. The number of hydrogen-bond acceptors (Lipinski definition) is 9. The fraction of sp³-hybridized carbons (Fsp3) is 0.606. The molecule has 2 N–H and O–H groups in total. The number of piperazine rings is 1. The fourth-order valence-corrected chi connectivity index (χ4v) is 7.18. The van der Waals surface area contributed by atoms with E-state index in [1.165, 1.54) is 12.1 Å². The third kappa shape index (κ3) is 6.18. The second kappa shape index (κ2) is 12.2. The smallest absolute Gasteiger partial charge is 0.243 e. The molecular formula is C33H45FN8O3. The van der Waals surface area contributed by atoms with Crippen LogP contribution < -0.4 is 15.5 Å². The molecule has 45 heavy (non-hydrogen) atoms. The second-order valence-electron chi connectivity index (χ2n) is 13.9. The zero-order chi connectivity index (χ0) is 31.3. The predicted molar refractivity (Wildman–Crippen MR) is 170 cm³/mol. The highest BCUT2D eigenvalue weighted by atomic mass is 19.1. The van der Waals surface area contributed by atoms with Gasteiger partial charge in [0.15, 0.2) is 5.65 Å². The van der Waals surface area contributed by atoms with Crippen molar-refractivity contribution in [3.63, 3.8) is 0 Å². The van der Waals surface area contributed by atoms with Crippen LogP contribution in [-0.2, 0) is 26.1 Å². The van der Waals surface area contributed by atoms with Gasteiger partial charge in [-0.3, -0.25) is 14.6 Å². The number of anilines is 2. The number of amides is 1. The molecule has 1 amide bonds. The van der Waals surface area contributed by atoms with Crippen molar-refractivity contribution >= 4 is 23.2 Å². The molecule has 3 fully saturated rings. The first-order valence-electron chi connectivity index (χ1n) is 16.3. The number of rotatable bonds is 8. The Morgan fingerprint density at radius 3 is 2.67 bits per heavy atom. The van der Waals surface area contributed by atoms with Gasteiger partial charge in [-0.25, -0.2) is 8.91 Å². The number of carbonyl (C=O) groups excluding carboxylic acids is 1.